The van der Waals surface area contributed by atoms with E-state index < -0.39 is 0 Å². The van der Waals surface area contributed by atoms with Crippen molar-refractivity contribution in [2.45, 2.75) is 19.9 Å². The SMILES string of the molecule is CCc1ccccc1NCc1cncnc1. The Hall–Kier alpha value is -1.90. The lowest BCUT2D eigenvalue weighted by molar-refractivity contribution is 1.04. The van der Waals surface area contributed by atoms with Crippen LogP contribution in [0.5, 0.6) is 0 Å². The highest BCUT2D eigenvalue weighted by Gasteiger charge is 1.99. The summed E-state index contributed by atoms with van der Waals surface area (Å²) in [6.45, 7) is 2.92. The quantitative estimate of drug-likeness (QED) is 0.848. The molecule has 0 aliphatic carbocycles. The molecular formula is C13H15N3. The minimum absolute atomic E-state index is 0.762. The minimum Gasteiger partial charge on any atom is -0.381 e. The maximum absolute atomic E-state index is 3.99. The number of hydrogen-bond donors (Lipinski definition) is 1. The molecular weight excluding hydrogens is 198 g/mol. The number of hydrogen-bond acceptors (Lipinski definition) is 3. The van der Waals surface area contributed by atoms with Gasteiger partial charge in [0.25, 0.3) is 0 Å². The summed E-state index contributed by atoms with van der Waals surface area (Å²) < 4.78 is 0. The molecule has 0 radical (unpaired) electrons. The van der Waals surface area contributed by atoms with Gasteiger partial charge in [-0.2, -0.15) is 0 Å². The van der Waals surface area contributed by atoms with Crippen molar-refractivity contribution in [1.29, 1.82) is 0 Å². The molecule has 82 valence electrons. The van der Waals surface area contributed by atoms with Gasteiger partial charge in [-0.3, -0.25) is 0 Å². The third-order valence-corrected chi connectivity index (χ3v) is 2.50. The molecule has 1 aromatic heterocycles. The van der Waals surface area contributed by atoms with Gasteiger partial charge in [-0.25, -0.2) is 9.97 Å². The zero-order valence-corrected chi connectivity index (χ0v) is 9.35. The number of aromatic nitrogens is 2. The molecule has 3 heteroatoms. The summed E-state index contributed by atoms with van der Waals surface area (Å²) in [4.78, 5) is 7.98. The first-order valence-electron chi connectivity index (χ1n) is 5.46. The third-order valence-electron chi connectivity index (χ3n) is 2.50. The molecule has 1 heterocycles. The summed E-state index contributed by atoms with van der Waals surface area (Å²) in [6, 6.07) is 8.35. The Morgan fingerprint density at radius 3 is 2.62 bits per heavy atom. The second kappa shape index (κ2) is 5.26. The highest BCUT2D eigenvalue weighted by Crippen LogP contribution is 2.16. The number of aryl methyl sites for hydroxylation is 1. The molecule has 1 N–H and O–H groups in total. The lowest BCUT2D eigenvalue weighted by Crippen LogP contribution is -2.02. The Labute approximate surface area is 95.6 Å². The molecule has 0 saturated heterocycles. The van der Waals surface area contributed by atoms with Crippen molar-refractivity contribution < 1.29 is 0 Å². The fraction of sp³-hybridized carbons (Fsp3) is 0.231. The van der Waals surface area contributed by atoms with Crippen LogP contribution in [0.25, 0.3) is 0 Å². The molecule has 0 saturated carbocycles. The fourth-order valence-corrected chi connectivity index (χ4v) is 1.62. The summed E-state index contributed by atoms with van der Waals surface area (Å²) in [5.41, 5.74) is 3.61. The highest BCUT2D eigenvalue weighted by atomic mass is 14.9. The molecule has 2 aromatic rings. The van der Waals surface area contributed by atoms with Crippen LogP contribution >= 0.6 is 0 Å². The Bertz CT molecular complexity index is 440. The predicted octanol–water partition coefficient (Wildman–Crippen LogP) is 2.65. The van der Waals surface area contributed by atoms with Gasteiger partial charge < -0.3 is 5.32 Å². The number of nitrogens with zero attached hydrogens (tertiary/aromatic N) is 2. The molecule has 16 heavy (non-hydrogen) atoms. The van der Waals surface area contributed by atoms with Crippen LogP contribution < -0.4 is 5.32 Å². The van der Waals surface area contributed by atoms with Gasteiger partial charge in [0.05, 0.1) is 0 Å². The summed E-state index contributed by atoms with van der Waals surface area (Å²) in [5.74, 6) is 0. The average Bonchev–Trinajstić information content (AvgIpc) is 2.38. The Balaban J connectivity index is 2.05. The second-order valence-corrected chi connectivity index (χ2v) is 3.61. The number of para-hydroxylation sites is 1. The molecule has 0 aliphatic heterocycles. The lowest BCUT2D eigenvalue weighted by atomic mass is 10.1. The Morgan fingerprint density at radius 2 is 1.88 bits per heavy atom. The summed E-state index contributed by atoms with van der Waals surface area (Å²) in [6.07, 6.45) is 6.24. The van der Waals surface area contributed by atoms with E-state index in [2.05, 4.69) is 40.4 Å². The van der Waals surface area contributed by atoms with Gasteiger partial charge in [0.1, 0.15) is 6.33 Å². The summed E-state index contributed by atoms with van der Waals surface area (Å²) in [7, 11) is 0. The molecule has 0 bridgehead atoms. The van der Waals surface area contributed by atoms with Crippen molar-refractivity contribution in [3.63, 3.8) is 0 Å². The van der Waals surface area contributed by atoms with Crippen LogP contribution in [0.2, 0.25) is 0 Å². The van der Waals surface area contributed by atoms with E-state index >= 15 is 0 Å². The Kier molecular flexibility index (Phi) is 3.49. The number of anilines is 1. The molecule has 0 atom stereocenters. The van der Waals surface area contributed by atoms with Crippen molar-refractivity contribution in [2.75, 3.05) is 5.32 Å². The lowest BCUT2D eigenvalue weighted by Gasteiger charge is -2.10. The molecule has 0 fully saturated rings. The van der Waals surface area contributed by atoms with E-state index in [1.165, 1.54) is 11.3 Å². The molecule has 0 aliphatic rings. The van der Waals surface area contributed by atoms with Crippen LogP contribution in [0.15, 0.2) is 43.0 Å². The van der Waals surface area contributed by atoms with Crippen molar-refractivity contribution >= 4 is 5.69 Å². The highest BCUT2D eigenvalue weighted by molar-refractivity contribution is 5.51. The van der Waals surface area contributed by atoms with E-state index in [0.29, 0.717) is 0 Å². The molecule has 0 amide bonds. The first-order valence-corrected chi connectivity index (χ1v) is 5.46. The van der Waals surface area contributed by atoms with Gasteiger partial charge >= 0.3 is 0 Å². The third kappa shape index (κ3) is 2.57. The van der Waals surface area contributed by atoms with E-state index in [0.717, 1.165) is 18.5 Å². The Morgan fingerprint density at radius 1 is 1.12 bits per heavy atom. The van der Waals surface area contributed by atoms with E-state index in [4.69, 9.17) is 0 Å². The van der Waals surface area contributed by atoms with Crippen LogP contribution in [-0.2, 0) is 13.0 Å². The van der Waals surface area contributed by atoms with E-state index in [1.54, 1.807) is 6.33 Å². The van der Waals surface area contributed by atoms with Gasteiger partial charge in [-0.05, 0) is 18.1 Å². The van der Waals surface area contributed by atoms with E-state index in [-0.39, 0.29) is 0 Å². The van der Waals surface area contributed by atoms with Crippen LogP contribution in [-0.4, -0.2) is 9.97 Å². The molecule has 0 spiro atoms. The normalized spacial score (nSPS) is 10.1. The first kappa shape index (κ1) is 10.6. The van der Waals surface area contributed by atoms with Gasteiger partial charge in [0.2, 0.25) is 0 Å². The van der Waals surface area contributed by atoms with Gasteiger partial charge in [0.15, 0.2) is 0 Å². The zero-order valence-electron chi connectivity index (χ0n) is 9.35. The smallest absolute Gasteiger partial charge is 0.115 e. The predicted molar refractivity (Wildman–Crippen MR) is 65.2 cm³/mol. The van der Waals surface area contributed by atoms with Crippen LogP contribution in [0.1, 0.15) is 18.1 Å². The standard InChI is InChI=1S/C13H15N3/c1-2-12-5-3-4-6-13(12)16-9-11-7-14-10-15-8-11/h3-8,10,16H,2,9H2,1H3. The van der Waals surface area contributed by atoms with Crippen LogP contribution in [0.3, 0.4) is 0 Å². The largest absolute Gasteiger partial charge is 0.381 e. The van der Waals surface area contributed by atoms with Gasteiger partial charge in [-0.1, -0.05) is 25.1 Å². The zero-order chi connectivity index (χ0) is 11.2. The van der Waals surface area contributed by atoms with E-state index in [9.17, 15) is 0 Å². The number of nitrogens with one attached hydrogen (secondary N) is 1. The van der Waals surface area contributed by atoms with Crippen molar-refractivity contribution in [1.82, 2.24) is 9.97 Å². The van der Waals surface area contributed by atoms with Crippen molar-refractivity contribution in [3.05, 3.63) is 54.1 Å². The molecule has 3 nitrogen and oxygen atoms in total. The molecule has 0 unspecified atom stereocenters. The minimum atomic E-state index is 0.762. The van der Waals surface area contributed by atoms with Gasteiger partial charge in [0, 0.05) is 30.2 Å². The maximum Gasteiger partial charge on any atom is 0.115 e. The van der Waals surface area contributed by atoms with E-state index in [1.807, 2.05) is 18.5 Å². The van der Waals surface area contributed by atoms with Crippen LogP contribution in [0, 0.1) is 0 Å². The number of rotatable bonds is 4. The maximum atomic E-state index is 3.99. The average molecular weight is 213 g/mol. The van der Waals surface area contributed by atoms with Crippen LogP contribution in [0.4, 0.5) is 5.69 Å². The fourth-order valence-electron chi connectivity index (χ4n) is 1.62. The van der Waals surface area contributed by atoms with Gasteiger partial charge in [-0.15, -0.1) is 0 Å². The topological polar surface area (TPSA) is 37.8 Å². The molecule has 2 rings (SSSR count). The van der Waals surface area contributed by atoms with Crippen molar-refractivity contribution in [2.24, 2.45) is 0 Å². The summed E-state index contributed by atoms with van der Waals surface area (Å²) in [5, 5.41) is 3.40. The second-order valence-electron chi connectivity index (χ2n) is 3.61. The number of benzene rings is 1. The molecule has 1 aromatic carbocycles. The van der Waals surface area contributed by atoms with Crippen molar-refractivity contribution in [3.8, 4) is 0 Å². The summed E-state index contributed by atoms with van der Waals surface area (Å²) >= 11 is 0. The first-order chi connectivity index (χ1) is 7.90. The monoisotopic (exact) mass is 213 g/mol.